The van der Waals surface area contributed by atoms with Gasteiger partial charge in [-0.15, -0.1) is 0 Å². The molecular weight excluding hydrogens is 394 g/mol. The van der Waals surface area contributed by atoms with Crippen molar-refractivity contribution in [2.24, 2.45) is 0 Å². The van der Waals surface area contributed by atoms with Crippen LogP contribution in [0.1, 0.15) is 28.4 Å². The summed E-state index contributed by atoms with van der Waals surface area (Å²) in [5, 5.41) is 18.0. The molecule has 0 saturated heterocycles. The molecule has 0 atom stereocenters. The second-order valence-corrected chi connectivity index (χ2v) is 7.03. The van der Waals surface area contributed by atoms with E-state index < -0.39 is 5.97 Å². The number of nitrogen functional groups attached to an aromatic ring is 1. The van der Waals surface area contributed by atoms with Crippen molar-refractivity contribution in [3.63, 3.8) is 0 Å². The van der Waals surface area contributed by atoms with E-state index in [2.05, 4.69) is 20.9 Å². The number of anilines is 3. The smallest absolute Gasteiger partial charge is 0.337 e. The molecule has 0 radical (unpaired) electrons. The summed E-state index contributed by atoms with van der Waals surface area (Å²) in [6, 6.07) is 14.0. The predicted octanol–water partition coefficient (Wildman–Crippen LogP) is 4.09. The Morgan fingerprint density at radius 3 is 2.42 bits per heavy atom. The fourth-order valence-electron chi connectivity index (χ4n) is 3.09. The Hall–Kier alpha value is -4.07. The first kappa shape index (κ1) is 21.6. The molecule has 6 N–H and O–H groups in total. The van der Waals surface area contributed by atoms with E-state index >= 15 is 0 Å². The van der Waals surface area contributed by atoms with Gasteiger partial charge in [-0.2, -0.15) is 0 Å². The highest BCUT2D eigenvalue weighted by molar-refractivity contribution is 5.95. The van der Waals surface area contributed by atoms with Crippen LogP contribution < -0.4 is 21.7 Å². The van der Waals surface area contributed by atoms with Gasteiger partial charge in [0.2, 0.25) is 0 Å². The summed E-state index contributed by atoms with van der Waals surface area (Å²) in [6.07, 6.45) is 1.63. The SMILES string of the molecule is CCNc1cc(-c2ccc(NC(=O)NCc3cnc(N)c(C)c3)cc2)ccc1C(=O)O. The van der Waals surface area contributed by atoms with E-state index in [1.165, 1.54) is 0 Å². The zero-order valence-electron chi connectivity index (χ0n) is 17.4. The van der Waals surface area contributed by atoms with E-state index in [9.17, 15) is 14.7 Å². The number of aromatic nitrogens is 1. The van der Waals surface area contributed by atoms with Crippen molar-refractivity contribution in [1.29, 1.82) is 0 Å². The summed E-state index contributed by atoms with van der Waals surface area (Å²) in [4.78, 5) is 27.6. The fraction of sp³-hybridized carbons (Fsp3) is 0.174. The van der Waals surface area contributed by atoms with Crippen LogP contribution in [0.4, 0.5) is 22.0 Å². The molecule has 3 rings (SSSR count). The number of benzene rings is 2. The largest absolute Gasteiger partial charge is 0.478 e. The topological polar surface area (TPSA) is 129 Å². The number of aromatic carboxylic acids is 1. The van der Waals surface area contributed by atoms with E-state index in [-0.39, 0.29) is 11.6 Å². The first-order chi connectivity index (χ1) is 14.9. The van der Waals surface area contributed by atoms with E-state index in [0.717, 1.165) is 22.3 Å². The first-order valence-corrected chi connectivity index (χ1v) is 9.85. The molecular formula is C23H25N5O3. The highest BCUT2D eigenvalue weighted by atomic mass is 16.4. The standard InChI is InChI=1S/C23H25N5O3/c1-3-25-20-11-17(6-9-19(20)22(29)30)16-4-7-18(8-5-16)28-23(31)27-13-15-10-14(2)21(24)26-12-15/h4-12,25H,3,13H2,1-2H3,(H2,24,26)(H,29,30)(H2,27,28,31). The monoisotopic (exact) mass is 419 g/mol. The Morgan fingerprint density at radius 2 is 1.77 bits per heavy atom. The molecule has 0 spiro atoms. The lowest BCUT2D eigenvalue weighted by Crippen LogP contribution is -2.28. The number of hydrogen-bond donors (Lipinski definition) is 5. The number of carbonyl (C=O) groups excluding carboxylic acids is 1. The van der Waals surface area contributed by atoms with Crippen LogP contribution in [-0.2, 0) is 6.54 Å². The first-order valence-electron chi connectivity index (χ1n) is 9.85. The van der Waals surface area contributed by atoms with E-state index in [4.69, 9.17) is 5.73 Å². The Bertz CT molecular complexity index is 1100. The summed E-state index contributed by atoms with van der Waals surface area (Å²) in [5.74, 6) is -0.499. The molecule has 2 amide bonds. The summed E-state index contributed by atoms with van der Waals surface area (Å²) in [6.45, 7) is 4.73. The molecule has 1 aromatic heterocycles. The number of carbonyl (C=O) groups is 2. The zero-order valence-corrected chi connectivity index (χ0v) is 17.4. The lowest BCUT2D eigenvalue weighted by Gasteiger charge is -2.12. The van der Waals surface area contributed by atoms with Gasteiger partial charge in [-0.1, -0.05) is 18.2 Å². The molecule has 0 fully saturated rings. The number of amides is 2. The Balaban J connectivity index is 1.64. The molecule has 160 valence electrons. The highest BCUT2D eigenvalue weighted by Gasteiger charge is 2.11. The van der Waals surface area contributed by atoms with Crippen LogP contribution in [0.25, 0.3) is 11.1 Å². The summed E-state index contributed by atoms with van der Waals surface area (Å²) >= 11 is 0. The minimum Gasteiger partial charge on any atom is -0.478 e. The molecule has 8 heteroatoms. The lowest BCUT2D eigenvalue weighted by atomic mass is 10.0. The third kappa shape index (κ3) is 5.51. The van der Waals surface area contributed by atoms with E-state index in [1.54, 1.807) is 30.5 Å². The molecule has 0 aliphatic heterocycles. The van der Waals surface area contributed by atoms with Gasteiger partial charge in [0.25, 0.3) is 0 Å². The zero-order chi connectivity index (χ0) is 22.4. The summed E-state index contributed by atoms with van der Waals surface area (Å²) in [5.41, 5.74) is 10.7. The highest BCUT2D eigenvalue weighted by Crippen LogP contribution is 2.27. The van der Waals surface area contributed by atoms with Crippen LogP contribution in [0.15, 0.2) is 54.7 Å². The maximum atomic E-state index is 12.2. The van der Waals surface area contributed by atoms with Crippen LogP contribution in [0.3, 0.4) is 0 Å². The van der Waals surface area contributed by atoms with Crippen molar-refractivity contribution >= 4 is 29.2 Å². The Labute approximate surface area is 180 Å². The van der Waals surface area contributed by atoms with Gasteiger partial charge in [0.15, 0.2) is 0 Å². The summed E-state index contributed by atoms with van der Waals surface area (Å²) < 4.78 is 0. The number of carboxylic acid groups (broad SMARTS) is 1. The molecule has 31 heavy (non-hydrogen) atoms. The number of nitrogens with one attached hydrogen (secondary N) is 3. The van der Waals surface area contributed by atoms with Crippen molar-refractivity contribution in [3.05, 3.63) is 71.4 Å². The third-order valence-electron chi connectivity index (χ3n) is 4.72. The molecule has 2 aromatic carbocycles. The van der Waals surface area contributed by atoms with Gasteiger partial charge in [0.05, 0.1) is 5.56 Å². The molecule has 1 heterocycles. The van der Waals surface area contributed by atoms with E-state index in [0.29, 0.717) is 30.3 Å². The van der Waals surface area contributed by atoms with Crippen molar-refractivity contribution in [3.8, 4) is 11.1 Å². The van der Waals surface area contributed by atoms with Gasteiger partial charge in [-0.3, -0.25) is 0 Å². The van der Waals surface area contributed by atoms with Crippen LogP contribution in [0.5, 0.6) is 0 Å². The van der Waals surface area contributed by atoms with E-state index in [1.807, 2.05) is 38.1 Å². The van der Waals surface area contributed by atoms with Crippen LogP contribution in [0.2, 0.25) is 0 Å². The molecule has 8 nitrogen and oxygen atoms in total. The number of hydrogen-bond acceptors (Lipinski definition) is 5. The number of nitrogens with zero attached hydrogens (tertiary/aromatic N) is 1. The predicted molar refractivity (Wildman–Crippen MR) is 122 cm³/mol. The number of carboxylic acids is 1. The second kappa shape index (κ2) is 9.62. The summed E-state index contributed by atoms with van der Waals surface area (Å²) in [7, 11) is 0. The van der Waals surface area contributed by atoms with Gasteiger partial charge < -0.3 is 26.8 Å². The maximum Gasteiger partial charge on any atom is 0.337 e. The molecule has 0 unspecified atom stereocenters. The van der Waals surface area contributed by atoms with Crippen molar-refractivity contribution in [2.45, 2.75) is 20.4 Å². The maximum absolute atomic E-state index is 12.2. The van der Waals surface area contributed by atoms with Crippen molar-refractivity contribution < 1.29 is 14.7 Å². The third-order valence-corrected chi connectivity index (χ3v) is 4.72. The number of rotatable bonds is 7. The van der Waals surface area contributed by atoms with Crippen molar-refractivity contribution in [2.75, 3.05) is 22.9 Å². The van der Waals surface area contributed by atoms with Gasteiger partial charge in [-0.05, 0) is 66.4 Å². The fourth-order valence-corrected chi connectivity index (χ4v) is 3.09. The van der Waals surface area contributed by atoms with Crippen LogP contribution in [0, 0.1) is 6.92 Å². The number of urea groups is 1. The normalized spacial score (nSPS) is 10.4. The van der Waals surface area contributed by atoms with Gasteiger partial charge in [0.1, 0.15) is 5.82 Å². The molecule has 0 aliphatic rings. The molecule has 0 bridgehead atoms. The molecule has 3 aromatic rings. The van der Waals surface area contributed by atoms with Crippen molar-refractivity contribution in [1.82, 2.24) is 10.3 Å². The van der Waals surface area contributed by atoms with Crippen LogP contribution >= 0.6 is 0 Å². The minimum absolute atomic E-state index is 0.229. The Morgan fingerprint density at radius 1 is 1.06 bits per heavy atom. The van der Waals surface area contributed by atoms with Crippen LogP contribution in [-0.4, -0.2) is 28.6 Å². The minimum atomic E-state index is -0.974. The molecule has 0 saturated carbocycles. The number of pyridine rings is 1. The average molecular weight is 419 g/mol. The quantitative estimate of drug-likeness (QED) is 0.392. The van der Waals surface area contributed by atoms with Gasteiger partial charge in [0, 0.05) is 30.7 Å². The average Bonchev–Trinajstić information content (AvgIpc) is 2.75. The van der Waals surface area contributed by atoms with Gasteiger partial charge in [-0.25, -0.2) is 14.6 Å². The number of nitrogens with two attached hydrogens (primary N) is 1. The second-order valence-electron chi connectivity index (χ2n) is 7.03. The van der Waals surface area contributed by atoms with Gasteiger partial charge >= 0.3 is 12.0 Å². The lowest BCUT2D eigenvalue weighted by molar-refractivity contribution is 0.0698. The molecule has 0 aliphatic carbocycles. The number of aryl methyl sites for hydroxylation is 1. The Kier molecular flexibility index (Phi) is 6.71.